The Bertz CT molecular complexity index is 438. The number of nitrogens with one attached hydrogen (secondary N) is 1. The van der Waals surface area contributed by atoms with Gasteiger partial charge in [-0.3, -0.25) is 4.79 Å². The molecule has 0 aliphatic rings. The SMILES string of the molecule is CCC(N)Cc1cc(F)ccc1OCCCC(=O)NC. The van der Waals surface area contributed by atoms with Crippen molar-refractivity contribution in [3.63, 3.8) is 0 Å². The lowest BCUT2D eigenvalue weighted by Crippen LogP contribution is -2.22. The highest BCUT2D eigenvalue weighted by molar-refractivity contribution is 5.75. The quantitative estimate of drug-likeness (QED) is 0.717. The van der Waals surface area contributed by atoms with Crippen LogP contribution in [-0.2, 0) is 11.2 Å². The van der Waals surface area contributed by atoms with E-state index in [2.05, 4.69) is 5.32 Å². The third kappa shape index (κ3) is 5.57. The number of benzene rings is 1. The zero-order chi connectivity index (χ0) is 15.0. The van der Waals surface area contributed by atoms with Gasteiger partial charge < -0.3 is 15.8 Å². The van der Waals surface area contributed by atoms with Crippen LogP contribution in [0, 0.1) is 5.82 Å². The molecule has 0 aliphatic heterocycles. The smallest absolute Gasteiger partial charge is 0.219 e. The van der Waals surface area contributed by atoms with Crippen molar-refractivity contribution in [1.29, 1.82) is 0 Å². The van der Waals surface area contributed by atoms with Crippen LogP contribution in [0.5, 0.6) is 5.75 Å². The fraction of sp³-hybridized carbons (Fsp3) is 0.533. The second kappa shape index (κ2) is 8.53. The highest BCUT2D eigenvalue weighted by Gasteiger charge is 2.09. The van der Waals surface area contributed by atoms with Crippen molar-refractivity contribution in [3.8, 4) is 5.75 Å². The van der Waals surface area contributed by atoms with Gasteiger partial charge in [0.05, 0.1) is 6.61 Å². The van der Waals surface area contributed by atoms with Crippen LogP contribution in [0.25, 0.3) is 0 Å². The van der Waals surface area contributed by atoms with E-state index < -0.39 is 0 Å². The molecule has 1 unspecified atom stereocenters. The first-order valence-electron chi connectivity index (χ1n) is 6.94. The van der Waals surface area contributed by atoms with Gasteiger partial charge in [0.15, 0.2) is 0 Å². The number of nitrogens with two attached hydrogens (primary N) is 1. The van der Waals surface area contributed by atoms with Crippen LogP contribution in [0.2, 0.25) is 0 Å². The summed E-state index contributed by atoms with van der Waals surface area (Å²) in [6, 6.07) is 4.44. The van der Waals surface area contributed by atoms with Gasteiger partial charge in [0.1, 0.15) is 11.6 Å². The van der Waals surface area contributed by atoms with Gasteiger partial charge in [0.2, 0.25) is 5.91 Å². The maximum atomic E-state index is 13.3. The fourth-order valence-corrected chi connectivity index (χ4v) is 1.82. The second-order valence-electron chi connectivity index (χ2n) is 4.75. The molecule has 112 valence electrons. The third-order valence-electron chi connectivity index (χ3n) is 3.11. The number of ether oxygens (including phenoxy) is 1. The Morgan fingerprint density at radius 3 is 2.90 bits per heavy atom. The number of amides is 1. The largest absolute Gasteiger partial charge is 0.493 e. The summed E-state index contributed by atoms with van der Waals surface area (Å²) in [5.41, 5.74) is 6.68. The molecule has 0 aliphatic carbocycles. The second-order valence-corrected chi connectivity index (χ2v) is 4.75. The molecule has 3 N–H and O–H groups in total. The molecule has 1 rings (SSSR count). The first-order chi connectivity index (χ1) is 9.56. The number of rotatable bonds is 8. The summed E-state index contributed by atoms with van der Waals surface area (Å²) in [5.74, 6) is 0.342. The molecule has 0 saturated heterocycles. The topological polar surface area (TPSA) is 64.3 Å². The van der Waals surface area contributed by atoms with Crippen molar-refractivity contribution in [1.82, 2.24) is 5.32 Å². The normalized spacial score (nSPS) is 12.0. The van der Waals surface area contributed by atoms with Crippen molar-refractivity contribution in [3.05, 3.63) is 29.6 Å². The van der Waals surface area contributed by atoms with E-state index in [9.17, 15) is 9.18 Å². The molecule has 0 bridgehead atoms. The average Bonchev–Trinajstić information content (AvgIpc) is 2.44. The molecule has 1 aromatic rings. The molecule has 1 aromatic carbocycles. The van der Waals surface area contributed by atoms with Crippen LogP contribution >= 0.6 is 0 Å². The summed E-state index contributed by atoms with van der Waals surface area (Å²) in [5, 5.41) is 2.56. The Kier molecular flexibility index (Phi) is 7.01. The molecule has 0 aromatic heterocycles. The minimum atomic E-state index is -0.291. The first-order valence-corrected chi connectivity index (χ1v) is 6.94. The number of halogens is 1. The van der Waals surface area contributed by atoms with Crippen molar-refractivity contribution in [2.75, 3.05) is 13.7 Å². The highest BCUT2D eigenvalue weighted by atomic mass is 19.1. The van der Waals surface area contributed by atoms with E-state index in [0.29, 0.717) is 31.6 Å². The van der Waals surface area contributed by atoms with E-state index >= 15 is 0 Å². The summed E-state index contributed by atoms with van der Waals surface area (Å²) in [4.78, 5) is 11.1. The zero-order valence-corrected chi connectivity index (χ0v) is 12.1. The molecule has 0 radical (unpaired) electrons. The van der Waals surface area contributed by atoms with Gasteiger partial charge in [-0.15, -0.1) is 0 Å². The van der Waals surface area contributed by atoms with E-state index in [1.807, 2.05) is 6.92 Å². The molecule has 0 saturated carbocycles. The van der Waals surface area contributed by atoms with Gasteiger partial charge >= 0.3 is 0 Å². The van der Waals surface area contributed by atoms with Gasteiger partial charge in [-0.1, -0.05) is 6.92 Å². The number of hydrogen-bond donors (Lipinski definition) is 2. The van der Waals surface area contributed by atoms with E-state index in [4.69, 9.17) is 10.5 Å². The van der Waals surface area contributed by atoms with Crippen molar-refractivity contribution in [2.24, 2.45) is 5.73 Å². The average molecular weight is 282 g/mol. The predicted octanol–water partition coefficient (Wildman–Crippen LogP) is 2.01. The molecular formula is C15H23FN2O2. The molecule has 0 spiro atoms. The van der Waals surface area contributed by atoms with Crippen LogP contribution in [0.15, 0.2) is 18.2 Å². The third-order valence-corrected chi connectivity index (χ3v) is 3.11. The van der Waals surface area contributed by atoms with Crippen molar-refractivity contribution < 1.29 is 13.9 Å². The van der Waals surface area contributed by atoms with Gasteiger partial charge in [0.25, 0.3) is 0 Å². The van der Waals surface area contributed by atoms with Gasteiger partial charge in [-0.05, 0) is 43.0 Å². The molecule has 5 heteroatoms. The Morgan fingerprint density at radius 1 is 1.50 bits per heavy atom. The van der Waals surface area contributed by atoms with E-state index in [0.717, 1.165) is 12.0 Å². The molecule has 0 fully saturated rings. The number of carbonyl (C=O) groups excluding carboxylic acids is 1. The zero-order valence-electron chi connectivity index (χ0n) is 12.1. The maximum absolute atomic E-state index is 13.3. The lowest BCUT2D eigenvalue weighted by Gasteiger charge is -2.14. The number of carbonyl (C=O) groups is 1. The summed E-state index contributed by atoms with van der Waals surface area (Å²) in [6.45, 7) is 2.42. The van der Waals surface area contributed by atoms with Crippen LogP contribution in [0.3, 0.4) is 0 Å². The summed E-state index contributed by atoms with van der Waals surface area (Å²) >= 11 is 0. The van der Waals surface area contributed by atoms with Crippen molar-refractivity contribution in [2.45, 2.75) is 38.6 Å². The molecule has 0 heterocycles. The van der Waals surface area contributed by atoms with Gasteiger partial charge in [0, 0.05) is 19.5 Å². The van der Waals surface area contributed by atoms with Crippen LogP contribution < -0.4 is 15.8 Å². The molecular weight excluding hydrogens is 259 g/mol. The van der Waals surface area contributed by atoms with Crippen LogP contribution in [0.4, 0.5) is 4.39 Å². The van der Waals surface area contributed by atoms with Crippen LogP contribution in [0.1, 0.15) is 31.7 Å². The van der Waals surface area contributed by atoms with Crippen molar-refractivity contribution >= 4 is 5.91 Å². The minimum Gasteiger partial charge on any atom is -0.493 e. The highest BCUT2D eigenvalue weighted by Crippen LogP contribution is 2.22. The molecule has 1 atom stereocenters. The Balaban J connectivity index is 2.57. The summed E-state index contributed by atoms with van der Waals surface area (Å²) in [7, 11) is 1.60. The summed E-state index contributed by atoms with van der Waals surface area (Å²) in [6.07, 6.45) is 2.45. The van der Waals surface area contributed by atoms with E-state index in [1.54, 1.807) is 13.1 Å². The van der Waals surface area contributed by atoms with Gasteiger partial charge in [-0.2, -0.15) is 0 Å². The Hall–Kier alpha value is -1.62. The van der Waals surface area contributed by atoms with E-state index in [-0.39, 0.29) is 17.8 Å². The molecule has 4 nitrogen and oxygen atoms in total. The first kappa shape index (κ1) is 16.4. The van der Waals surface area contributed by atoms with E-state index in [1.165, 1.54) is 12.1 Å². The van der Waals surface area contributed by atoms with Crippen LogP contribution in [-0.4, -0.2) is 25.6 Å². The lowest BCUT2D eigenvalue weighted by molar-refractivity contribution is -0.120. The monoisotopic (exact) mass is 282 g/mol. The fourth-order valence-electron chi connectivity index (χ4n) is 1.82. The Labute approximate surface area is 119 Å². The minimum absolute atomic E-state index is 0.00924. The number of hydrogen-bond acceptors (Lipinski definition) is 3. The standard InChI is InChI=1S/C15H23FN2O2/c1-3-13(17)10-11-9-12(16)6-7-14(11)20-8-4-5-15(19)18-2/h6-7,9,13H,3-5,8,10,17H2,1-2H3,(H,18,19). The Morgan fingerprint density at radius 2 is 2.25 bits per heavy atom. The summed E-state index contributed by atoms with van der Waals surface area (Å²) < 4.78 is 18.9. The molecule has 1 amide bonds. The lowest BCUT2D eigenvalue weighted by atomic mass is 10.0. The maximum Gasteiger partial charge on any atom is 0.219 e. The van der Waals surface area contributed by atoms with Gasteiger partial charge in [-0.25, -0.2) is 4.39 Å². The molecule has 20 heavy (non-hydrogen) atoms. The predicted molar refractivity (Wildman–Crippen MR) is 77.2 cm³/mol.